The number of quaternary nitrogens is 1. The second kappa shape index (κ2) is 7.11. The molecule has 2 atom stereocenters. The number of benzene rings is 1. The van der Waals surface area contributed by atoms with Crippen molar-refractivity contribution in [1.29, 1.82) is 0 Å². The van der Waals surface area contributed by atoms with Gasteiger partial charge in [0, 0.05) is 16.7 Å². The second-order valence-corrected chi connectivity index (χ2v) is 6.18. The van der Waals surface area contributed by atoms with E-state index in [1.54, 1.807) is 0 Å². The largest absolute Gasteiger partial charge is 0.410 e. The Balaban J connectivity index is 1.94. The predicted molar refractivity (Wildman–Crippen MR) is 80.4 cm³/mol. The first-order chi connectivity index (χ1) is 9.60. The third kappa shape index (κ3) is 3.98. The minimum absolute atomic E-state index is 0.0531. The van der Waals surface area contributed by atoms with Crippen molar-refractivity contribution < 1.29 is 10.2 Å². The Bertz CT molecular complexity index is 544. The highest BCUT2D eigenvalue weighted by Gasteiger charge is 2.23. The van der Waals surface area contributed by atoms with Gasteiger partial charge in [-0.25, -0.2) is 0 Å². The maximum Gasteiger partial charge on any atom is 0.277 e. The summed E-state index contributed by atoms with van der Waals surface area (Å²) in [5.74, 6) is 1.84. The number of halogens is 1. The van der Waals surface area contributed by atoms with Gasteiger partial charge in [0.15, 0.2) is 6.04 Å². The number of thioether (sulfide) groups is 1. The molecule has 6 heteroatoms. The van der Waals surface area contributed by atoms with Gasteiger partial charge in [-0.3, -0.25) is 0 Å². The van der Waals surface area contributed by atoms with Crippen LogP contribution < -0.4 is 5.73 Å². The smallest absolute Gasteiger partial charge is 0.277 e. The number of nitrogens with zero attached hydrogens (tertiary/aromatic N) is 2. The highest BCUT2D eigenvalue weighted by molar-refractivity contribution is 7.98. The van der Waals surface area contributed by atoms with Crippen LogP contribution in [-0.2, 0) is 5.75 Å². The third-order valence-corrected chi connectivity index (χ3v) is 4.49. The Morgan fingerprint density at radius 1 is 1.30 bits per heavy atom. The molecule has 0 saturated heterocycles. The standard InChI is InChI=1S/C14H18ClN3OS/c1-3-9(2)12(16)13-17-18-14(19-13)20-8-10-4-6-11(15)7-5-10/h4-7,9,12H,3,8,16H2,1-2H3/p+1/t9-,12-/m0/s1. The van der Waals surface area contributed by atoms with Crippen LogP contribution in [0.25, 0.3) is 0 Å². The van der Waals surface area contributed by atoms with Gasteiger partial charge in [0.1, 0.15) is 0 Å². The molecule has 1 aromatic carbocycles. The Morgan fingerprint density at radius 3 is 2.65 bits per heavy atom. The van der Waals surface area contributed by atoms with E-state index in [9.17, 15) is 0 Å². The van der Waals surface area contributed by atoms with Crippen molar-refractivity contribution in [3.05, 3.63) is 40.7 Å². The van der Waals surface area contributed by atoms with E-state index in [0.717, 1.165) is 17.2 Å². The first kappa shape index (κ1) is 15.4. The van der Waals surface area contributed by atoms with Crippen LogP contribution in [0.15, 0.2) is 33.9 Å². The molecule has 0 spiro atoms. The maximum atomic E-state index is 5.86. The molecule has 0 fully saturated rings. The molecule has 108 valence electrons. The summed E-state index contributed by atoms with van der Waals surface area (Å²) >= 11 is 7.38. The quantitative estimate of drug-likeness (QED) is 0.831. The average molecular weight is 313 g/mol. The van der Waals surface area contributed by atoms with Crippen LogP contribution in [0, 0.1) is 5.92 Å². The van der Waals surface area contributed by atoms with Gasteiger partial charge >= 0.3 is 0 Å². The van der Waals surface area contributed by atoms with Gasteiger partial charge < -0.3 is 10.2 Å². The van der Waals surface area contributed by atoms with E-state index in [1.165, 1.54) is 17.3 Å². The minimum Gasteiger partial charge on any atom is -0.410 e. The van der Waals surface area contributed by atoms with E-state index in [-0.39, 0.29) is 6.04 Å². The van der Waals surface area contributed by atoms with Gasteiger partial charge in [-0.15, -0.1) is 10.2 Å². The molecule has 0 saturated carbocycles. The number of rotatable bonds is 6. The summed E-state index contributed by atoms with van der Waals surface area (Å²) in [4.78, 5) is 0. The fourth-order valence-electron chi connectivity index (χ4n) is 1.68. The molecule has 2 aromatic rings. The molecule has 0 radical (unpaired) electrons. The lowest BCUT2D eigenvalue weighted by molar-refractivity contribution is -0.444. The molecule has 20 heavy (non-hydrogen) atoms. The van der Waals surface area contributed by atoms with Crippen LogP contribution in [-0.4, -0.2) is 10.2 Å². The van der Waals surface area contributed by atoms with Crippen LogP contribution in [0.1, 0.15) is 37.8 Å². The SMILES string of the molecule is CC[C@H](C)[C@H]([NH3+])c1nnc(SCc2ccc(Cl)cc2)o1. The van der Waals surface area contributed by atoms with Crippen LogP contribution in [0.4, 0.5) is 0 Å². The lowest BCUT2D eigenvalue weighted by Gasteiger charge is -2.09. The molecule has 0 amide bonds. The van der Waals surface area contributed by atoms with E-state index in [4.69, 9.17) is 16.0 Å². The molecule has 0 aliphatic carbocycles. The molecule has 1 aromatic heterocycles. The summed E-state index contributed by atoms with van der Waals surface area (Å²) in [5, 5.41) is 9.49. The van der Waals surface area contributed by atoms with Crippen LogP contribution in [0.5, 0.6) is 0 Å². The zero-order valence-corrected chi connectivity index (χ0v) is 13.2. The van der Waals surface area contributed by atoms with Crippen molar-refractivity contribution >= 4 is 23.4 Å². The molecule has 3 N–H and O–H groups in total. The molecule has 0 aliphatic heterocycles. The average Bonchev–Trinajstić information content (AvgIpc) is 2.94. The van der Waals surface area contributed by atoms with Crippen molar-refractivity contribution in [2.75, 3.05) is 0 Å². The van der Waals surface area contributed by atoms with E-state index in [2.05, 4.69) is 29.8 Å². The van der Waals surface area contributed by atoms with Crippen molar-refractivity contribution in [3.8, 4) is 0 Å². The molecular weight excluding hydrogens is 294 g/mol. The monoisotopic (exact) mass is 312 g/mol. The molecule has 4 nitrogen and oxygen atoms in total. The first-order valence-corrected chi connectivity index (χ1v) is 8.00. The van der Waals surface area contributed by atoms with E-state index in [1.807, 2.05) is 24.3 Å². The lowest BCUT2D eigenvalue weighted by atomic mass is 10.0. The zero-order valence-electron chi connectivity index (χ0n) is 11.7. The fourth-order valence-corrected chi connectivity index (χ4v) is 2.53. The first-order valence-electron chi connectivity index (χ1n) is 6.64. The number of hydrogen-bond acceptors (Lipinski definition) is 4. The second-order valence-electron chi connectivity index (χ2n) is 4.81. The molecule has 0 bridgehead atoms. The van der Waals surface area contributed by atoms with E-state index < -0.39 is 0 Å². The Labute approximate surface area is 128 Å². The van der Waals surface area contributed by atoms with Gasteiger partial charge in [0.2, 0.25) is 0 Å². The highest BCUT2D eigenvalue weighted by Crippen LogP contribution is 2.25. The molecule has 0 unspecified atom stereocenters. The van der Waals surface area contributed by atoms with Crippen LogP contribution in [0.3, 0.4) is 0 Å². The number of hydrogen-bond donors (Lipinski definition) is 1. The third-order valence-electron chi connectivity index (χ3n) is 3.35. The molecule has 0 aliphatic rings. The summed E-state index contributed by atoms with van der Waals surface area (Å²) in [6, 6.07) is 7.81. The van der Waals surface area contributed by atoms with E-state index >= 15 is 0 Å². The van der Waals surface area contributed by atoms with Gasteiger partial charge in [-0.1, -0.05) is 49.3 Å². The molecule has 2 rings (SSSR count). The normalized spacial score (nSPS) is 14.2. The van der Waals surface area contributed by atoms with Gasteiger partial charge in [-0.2, -0.15) is 0 Å². The van der Waals surface area contributed by atoms with Crippen molar-refractivity contribution in [2.45, 2.75) is 37.3 Å². The van der Waals surface area contributed by atoms with Gasteiger partial charge in [-0.05, 0) is 24.1 Å². The van der Waals surface area contributed by atoms with Crippen molar-refractivity contribution in [2.24, 2.45) is 5.92 Å². The van der Waals surface area contributed by atoms with Gasteiger partial charge in [0.05, 0.1) is 0 Å². The summed E-state index contributed by atoms with van der Waals surface area (Å²) in [6.07, 6.45) is 1.05. The summed E-state index contributed by atoms with van der Waals surface area (Å²) in [7, 11) is 0. The topological polar surface area (TPSA) is 66.6 Å². The van der Waals surface area contributed by atoms with Crippen LogP contribution in [0.2, 0.25) is 5.02 Å². The Kier molecular flexibility index (Phi) is 5.46. The number of aromatic nitrogens is 2. The van der Waals surface area contributed by atoms with E-state index in [0.29, 0.717) is 17.0 Å². The predicted octanol–water partition coefficient (Wildman–Crippen LogP) is 3.34. The highest BCUT2D eigenvalue weighted by atomic mass is 35.5. The zero-order chi connectivity index (χ0) is 14.5. The van der Waals surface area contributed by atoms with Gasteiger partial charge in [0.25, 0.3) is 11.1 Å². The molecule has 1 heterocycles. The fraction of sp³-hybridized carbons (Fsp3) is 0.429. The molecular formula is C14H19ClN3OS+. The van der Waals surface area contributed by atoms with Crippen molar-refractivity contribution in [3.63, 3.8) is 0 Å². The van der Waals surface area contributed by atoms with Crippen molar-refractivity contribution in [1.82, 2.24) is 10.2 Å². The van der Waals surface area contributed by atoms with Crippen LogP contribution >= 0.6 is 23.4 Å². The lowest BCUT2D eigenvalue weighted by Crippen LogP contribution is -2.56. The summed E-state index contributed by atoms with van der Waals surface area (Å²) in [6.45, 7) is 4.28. The Hall–Kier alpha value is -1.04. The summed E-state index contributed by atoms with van der Waals surface area (Å²) < 4.78 is 5.67. The minimum atomic E-state index is 0.0531. The maximum absolute atomic E-state index is 5.86. The Morgan fingerprint density at radius 2 is 2.00 bits per heavy atom. The summed E-state index contributed by atoms with van der Waals surface area (Å²) in [5.41, 5.74) is 5.27.